The maximum atomic E-state index is 14.4. The Morgan fingerprint density at radius 1 is 1.39 bits per heavy atom. The predicted molar refractivity (Wildman–Crippen MR) is 85.6 cm³/mol. The van der Waals surface area contributed by atoms with Gasteiger partial charge in [0.1, 0.15) is 11.3 Å². The van der Waals surface area contributed by atoms with Crippen LogP contribution in [-0.2, 0) is 4.84 Å². The third-order valence-electron chi connectivity index (χ3n) is 4.45. The predicted octanol–water partition coefficient (Wildman–Crippen LogP) is 1.97. The van der Waals surface area contributed by atoms with E-state index in [4.69, 9.17) is 4.84 Å². The molecule has 0 saturated carbocycles. The van der Waals surface area contributed by atoms with Crippen LogP contribution in [0.3, 0.4) is 0 Å². The van der Waals surface area contributed by atoms with Crippen molar-refractivity contribution in [3.8, 4) is 0 Å². The molecule has 0 amide bonds. The van der Waals surface area contributed by atoms with Gasteiger partial charge in [0, 0.05) is 17.8 Å². The standard InChI is InChI=1S/C16H20FN5O/c1-9(2)13-11-4-3-5-12(17)14(11)22(20-13)16-19-15(23-21-16)10-6-7-18-8-10/h3-5,9-10,15,18H,6-8H2,1-2H3,(H,19,21). The van der Waals surface area contributed by atoms with Crippen LogP contribution in [0.5, 0.6) is 0 Å². The van der Waals surface area contributed by atoms with Crippen molar-refractivity contribution in [1.29, 1.82) is 0 Å². The Balaban J connectivity index is 1.78. The minimum Gasteiger partial charge on any atom is -0.316 e. The summed E-state index contributed by atoms with van der Waals surface area (Å²) in [5.41, 5.74) is 4.12. The fraction of sp³-hybridized carbons (Fsp3) is 0.500. The van der Waals surface area contributed by atoms with Gasteiger partial charge in [0.25, 0.3) is 0 Å². The summed E-state index contributed by atoms with van der Waals surface area (Å²) in [5, 5.41) is 8.70. The maximum Gasteiger partial charge on any atom is 0.247 e. The summed E-state index contributed by atoms with van der Waals surface area (Å²) in [6.07, 6.45) is 0.766. The van der Waals surface area contributed by atoms with Gasteiger partial charge in [0.15, 0.2) is 6.23 Å². The number of para-hydroxylation sites is 1. The van der Waals surface area contributed by atoms with Gasteiger partial charge in [0.2, 0.25) is 5.96 Å². The minimum absolute atomic E-state index is 0.193. The number of hydrogen-bond donors (Lipinski definition) is 2. The maximum absolute atomic E-state index is 14.4. The van der Waals surface area contributed by atoms with Gasteiger partial charge < -0.3 is 5.32 Å². The molecule has 0 aliphatic carbocycles. The normalized spacial score (nSPS) is 24.4. The van der Waals surface area contributed by atoms with Gasteiger partial charge in [-0.05, 0) is 24.9 Å². The zero-order valence-electron chi connectivity index (χ0n) is 13.2. The molecule has 1 fully saturated rings. The lowest BCUT2D eigenvalue weighted by atomic mass is 10.1. The number of fused-ring (bicyclic) bond motifs is 1. The molecule has 3 heterocycles. The molecule has 1 aromatic heterocycles. The summed E-state index contributed by atoms with van der Waals surface area (Å²) in [4.78, 5) is 10.2. The molecule has 2 N–H and O–H groups in total. The van der Waals surface area contributed by atoms with E-state index in [0.717, 1.165) is 30.6 Å². The van der Waals surface area contributed by atoms with Crippen molar-refractivity contribution >= 4 is 16.9 Å². The molecule has 7 heteroatoms. The summed E-state index contributed by atoms with van der Waals surface area (Å²) >= 11 is 0. The third-order valence-corrected chi connectivity index (χ3v) is 4.45. The van der Waals surface area contributed by atoms with Crippen molar-refractivity contribution in [3.63, 3.8) is 0 Å². The van der Waals surface area contributed by atoms with Gasteiger partial charge in [0.05, 0.1) is 5.69 Å². The fourth-order valence-corrected chi connectivity index (χ4v) is 3.23. The highest BCUT2D eigenvalue weighted by atomic mass is 19.1. The van der Waals surface area contributed by atoms with E-state index in [9.17, 15) is 4.39 Å². The highest BCUT2D eigenvalue weighted by molar-refractivity contribution is 5.94. The molecule has 2 aromatic rings. The number of nitrogens with zero attached hydrogens (tertiary/aromatic N) is 3. The second kappa shape index (κ2) is 5.58. The molecule has 1 saturated heterocycles. The summed E-state index contributed by atoms with van der Waals surface area (Å²) in [7, 11) is 0. The highest BCUT2D eigenvalue weighted by Crippen LogP contribution is 2.27. The third kappa shape index (κ3) is 2.40. The van der Waals surface area contributed by atoms with E-state index < -0.39 is 0 Å². The first-order valence-electron chi connectivity index (χ1n) is 8.03. The molecular weight excluding hydrogens is 297 g/mol. The first-order chi connectivity index (χ1) is 11.1. The van der Waals surface area contributed by atoms with Crippen molar-refractivity contribution in [2.75, 3.05) is 13.1 Å². The van der Waals surface area contributed by atoms with Crippen LogP contribution in [0.1, 0.15) is 31.9 Å². The first kappa shape index (κ1) is 14.6. The van der Waals surface area contributed by atoms with Crippen LogP contribution in [0.2, 0.25) is 0 Å². The van der Waals surface area contributed by atoms with Crippen LogP contribution in [-0.4, -0.2) is 35.1 Å². The van der Waals surface area contributed by atoms with E-state index in [1.165, 1.54) is 10.7 Å². The molecule has 2 unspecified atom stereocenters. The second-order valence-electron chi connectivity index (χ2n) is 6.40. The van der Waals surface area contributed by atoms with Crippen molar-refractivity contribution < 1.29 is 9.23 Å². The van der Waals surface area contributed by atoms with E-state index in [2.05, 4.69) is 20.9 Å². The van der Waals surface area contributed by atoms with Crippen molar-refractivity contribution in [3.05, 3.63) is 29.7 Å². The van der Waals surface area contributed by atoms with E-state index in [0.29, 0.717) is 17.4 Å². The molecule has 2 atom stereocenters. The van der Waals surface area contributed by atoms with Crippen LogP contribution in [0, 0.1) is 11.7 Å². The molecule has 0 radical (unpaired) electrons. The van der Waals surface area contributed by atoms with Gasteiger partial charge in [-0.1, -0.05) is 26.0 Å². The molecule has 6 nitrogen and oxygen atoms in total. The number of hydrogen-bond acceptors (Lipinski definition) is 5. The monoisotopic (exact) mass is 317 g/mol. The SMILES string of the molecule is CC(C)c1nn(C2=NC(C3CCNC3)ON2)c2c(F)cccc12. The molecule has 1 aromatic carbocycles. The minimum atomic E-state index is -0.308. The smallest absolute Gasteiger partial charge is 0.247 e. The Morgan fingerprint density at radius 2 is 2.26 bits per heavy atom. The number of aromatic nitrogens is 2. The van der Waals surface area contributed by atoms with Crippen LogP contribution in [0.25, 0.3) is 10.9 Å². The van der Waals surface area contributed by atoms with E-state index >= 15 is 0 Å². The molecule has 4 rings (SSSR count). The van der Waals surface area contributed by atoms with Gasteiger partial charge in [-0.15, -0.1) is 0 Å². The Kier molecular flexibility index (Phi) is 3.54. The summed E-state index contributed by atoms with van der Waals surface area (Å²) in [5.74, 6) is 0.663. The second-order valence-corrected chi connectivity index (χ2v) is 6.40. The highest BCUT2D eigenvalue weighted by Gasteiger charge is 2.31. The number of hydroxylamine groups is 1. The van der Waals surface area contributed by atoms with Crippen LogP contribution in [0.15, 0.2) is 23.2 Å². The zero-order valence-corrected chi connectivity index (χ0v) is 13.2. The number of halogens is 1. The Morgan fingerprint density at radius 3 is 3.00 bits per heavy atom. The topological polar surface area (TPSA) is 63.5 Å². The molecular formula is C16H20FN5O. The summed E-state index contributed by atoms with van der Waals surface area (Å²) in [6.45, 7) is 5.95. The lowest BCUT2D eigenvalue weighted by Crippen LogP contribution is -2.28. The van der Waals surface area contributed by atoms with Gasteiger partial charge in [-0.2, -0.15) is 9.78 Å². The van der Waals surface area contributed by atoms with Crippen molar-refractivity contribution in [1.82, 2.24) is 20.6 Å². The van der Waals surface area contributed by atoms with Crippen LogP contribution < -0.4 is 10.8 Å². The molecule has 0 spiro atoms. The molecule has 0 bridgehead atoms. The Hall–Kier alpha value is -1.99. The van der Waals surface area contributed by atoms with Crippen LogP contribution >= 0.6 is 0 Å². The average molecular weight is 317 g/mol. The number of rotatable bonds is 2. The Labute approximate surface area is 133 Å². The molecule has 2 aliphatic rings. The largest absolute Gasteiger partial charge is 0.316 e. The lowest BCUT2D eigenvalue weighted by Gasteiger charge is -2.11. The van der Waals surface area contributed by atoms with Gasteiger partial charge >= 0.3 is 0 Å². The molecule has 23 heavy (non-hydrogen) atoms. The quantitative estimate of drug-likeness (QED) is 0.889. The number of benzene rings is 1. The number of aliphatic imine (C=N–C) groups is 1. The molecule has 122 valence electrons. The lowest BCUT2D eigenvalue weighted by molar-refractivity contribution is 0.00560. The average Bonchev–Trinajstić information content (AvgIpc) is 3.25. The molecule has 2 aliphatic heterocycles. The summed E-state index contributed by atoms with van der Waals surface area (Å²) < 4.78 is 15.9. The first-order valence-corrected chi connectivity index (χ1v) is 8.03. The van der Waals surface area contributed by atoms with E-state index in [1.807, 2.05) is 19.9 Å². The Bertz CT molecular complexity index is 763. The van der Waals surface area contributed by atoms with Crippen LogP contribution in [0.4, 0.5) is 4.39 Å². The van der Waals surface area contributed by atoms with E-state index in [-0.39, 0.29) is 18.0 Å². The van der Waals surface area contributed by atoms with Gasteiger partial charge in [-0.25, -0.2) is 19.7 Å². The van der Waals surface area contributed by atoms with Gasteiger partial charge in [-0.3, -0.25) is 0 Å². The van der Waals surface area contributed by atoms with Crippen molar-refractivity contribution in [2.24, 2.45) is 10.9 Å². The van der Waals surface area contributed by atoms with Crippen molar-refractivity contribution in [2.45, 2.75) is 32.4 Å². The number of nitrogens with one attached hydrogen (secondary N) is 2. The van der Waals surface area contributed by atoms with E-state index in [1.54, 1.807) is 6.07 Å². The summed E-state index contributed by atoms with van der Waals surface area (Å²) in [6, 6.07) is 5.05. The zero-order chi connectivity index (χ0) is 16.0. The fourth-order valence-electron chi connectivity index (χ4n) is 3.23.